The van der Waals surface area contributed by atoms with Gasteiger partial charge in [0.25, 0.3) is 20.2 Å². The van der Waals surface area contributed by atoms with Crippen molar-refractivity contribution < 1.29 is 25.9 Å². The minimum absolute atomic E-state index is 0.169. The van der Waals surface area contributed by atoms with E-state index < -0.39 is 25.6 Å². The van der Waals surface area contributed by atoms with Crippen LogP contribution in [0.5, 0.6) is 0 Å². The third-order valence-electron chi connectivity index (χ3n) is 3.20. The molecule has 1 unspecified atom stereocenters. The van der Waals surface area contributed by atoms with Crippen molar-refractivity contribution in [1.82, 2.24) is 16.0 Å². The van der Waals surface area contributed by atoms with Crippen molar-refractivity contribution in [2.24, 2.45) is 5.73 Å². The number of hydrogen-bond acceptors (Lipinski definition) is 8. The predicted octanol–water partition coefficient (Wildman–Crippen LogP) is -1.62. The lowest BCUT2D eigenvalue weighted by Crippen LogP contribution is -2.41. The summed E-state index contributed by atoms with van der Waals surface area (Å²) in [6, 6.07) is 0. The van der Waals surface area contributed by atoms with Crippen LogP contribution in [0.3, 0.4) is 0 Å². The zero-order valence-corrected chi connectivity index (χ0v) is 15.4. The highest BCUT2D eigenvalue weighted by atomic mass is 32.2. The highest BCUT2D eigenvalue weighted by molar-refractivity contribution is 7.86. The zero-order chi connectivity index (χ0) is 18.5. The summed E-state index contributed by atoms with van der Waals surface area (Å²) in [7, 11) is -8.20. The predicted molar refractivity (Wildman–Crippen MR) is 93.0 cm³/mol. The van der Waals surface area contributed by atoms with Gasteiger partial charge in [-0.3, -0.25) is 14.4 Å². The molecule has 0 amide bonds. The quantitative estimate of drug-likeness (QED) is 0.133. The first kappa shape index (κ1) is 23.7. The van der Waals surface area contributed by atoms with Gasteiger partial charge in [-0.15, -0.1) is 0 Å². The van der Waals surface area contributed by atoms with Crippen molar-refractivity contribution in [1.29, 1.82) is 0 Å². The van der Waals surface area contributed by atoms with E-state index in [0.717, 1.165) is 13.1 Å². The molecule has 0 spiro atoms. The van der Waals surface area contributed by atoms with E-state index in [1.165, 1.54) is 0 Å². The van der Waals surface area contributed by atoms with Crippen LogP contribution < -0.4 is 21.7 Å². The van der Waals surface area contributed by atoms with E-state index in [-0.39, 0.29) is 18.6 Å². The molecule has 0 saturated carbocycles. The topological polar surface area (TPSA) is 171 Å². The standard InChI is InChI=1S/C12H30N4O6S2/c13-5-6-14-7-8-15-9-10-16-12(24(20,21)22)4-2-1-3-11-23(17,18)19/h12,14-16H,1-11,13H2,(H,17,18,19)(H,20,21,22). The summed E-state index contributed by atoms with van der Waals surface area (Å²) < 4.78 is 61.5. The maximum atomic E-state index is 11.3. The molecule has 24 heavy (non-hydrogen) atoms. The van der Waals surface area contributed by atoms with Crippen LogP contribution >= 0.6 is 0 Å². The second-order valence-corrected chi connectivity index (χ2v) is 8.55. The van der Waals surface area contributed by atoms with Crippen LogP contribution in [-0.4, -0.2) is 76.3 Å². The monoisotopic (exact) mass is 390 g/mol. The Morgan fingerprint density at radius 2 is 1.42 bits per heavy atom. The number of unbranched alkanes of at least 4 members (excludes halogenated alkanes) is 2. The molecule has 0 saturated heterocycles. The molecule has 1 atom stereocenters. The third-order valence-corrected chi connectivity index (χ3v) is 5.13. The first-order chi connectivity index (χ1) is 11.2. The molecule has 0 aliphatic rings. The van der Waals surface area contributed by atoms with Gasteiger partial charge in [0.2, 0.25) is 0 Å². The lowest BCUT2D eigenvalue weighted by Gasteiger charge is -2.16. The Morgan fingerprint density at radius 1 is 0.833 bits per heavy atom. The van der Waals surface area contributed by atoms with E-state index in [9.17, 15) is 21.4 Å². The molecule has 7 N–H and O–H groups in total. The minimum Gasteiger partial charge on any atom is -0.329 e. The van der Waals surface area contributed by atoms with E-state index in [0.29, 0.717) is 39.0 Å². The summed E-state index contributed by atoms with van der Waals surface area (Å²) in [5, 5.41) is 7.89. The van der Waals surface area contributed by atoms with Crippen molar-refractivity contribution in [3.8, 4) is 0 Å². The first-order valence-corrected chi connectivity index (χ1v) is 11.0. The average molecular weight is 391 g/mol. The molecule has 0 rings (SSSR count). The maximum Gasteiger partial charge on any atom is 0.281 e. The average Bonchev–Trinajstić information content (AvgIpc) is 2.45. The van der Waals surface area contributed by atoms with E-state index >= 15 is 0 Å². The van der Waals surface area contributed by atoms with Gasteiger partial charge in [-0.05, 0) is 12.8 Å². The van der Waals surface area contributed by atoms with Crippen LogP contribution in [-0.2, 0) is 20.2 Å². The Hall–Kier alpha value is -0.340. The highest BCUT2D eigenvalue weighted by Gasteiger charge is 2.21. The van der Waals surface area contributed by atoms with Gasteiger partial charge in [0.15, 0.2) is 0 Å². The third kappa shape index (κ3) is 15.2. The van der Waals surface area contributed by atoms with Crippen molar-refractivity contribution in [3.05, 3.63) is 0 Å². The highest BCUT2D eigenvalue weighted by Crippen LogP contribution is 2.08. The van der Waals surface area contributed by atoms with Crippen molar-refractivity contribution >= 4 is 20.2 Å². The second kappa shape index (κ2) is 12.9. The number of nitrogens with two attached hydrogens (primary N) is 1. The molecule has 0 aliphatic heterocycles. The van der Waals surface area contributed by atoms with Crippen molar-refractivity contribution in [2.45, 2.75) is 31.1 Å². The lowest BCUT2D eigenvalue weighted by atomic mass is 10.2. The molecule has 12 heteroatoms. The fraction of sp³-hybridized carbons (Fsp3) is 1.00. The first-order valence-electron chi connectivity index (χ1n) is 7.93. The van der Waals surface area contributed by atoms with Gasteiger partial charge in [0, 0.05) is 39.3 Å². The molecule has 0 aromatic carbocycles. The van der Waals surface area contributed by atoms with Gasteiger partial charge in [0.1, 0.15) is 5.37 Å². The summed E-state index contributed by atoms with van der Waals surface area (Å²) in [4.78, 5) is 0. The number of nitrogens with one attached hydrogen (secondary N) is 3. The van der Waals surface area contributed by atoms with E-state index in [1.807, 2.05) is 0 Å². The largest absolute Gasteiger partial charge is 0.329 e. The number of rotatable bonds is 16. The molecule has 146 valence electrons. The second-order valence-electron chi connectivity index (χ2n) is 5.38. The zero-order valence-electron chi connectivity index (χ0n) is 13.8. The van der Waals surface area contributed by atoms with E-state index in [1.54, 1.807) is 0 Å². The van der Waals surface area contributed by atoms with Gasteiger partial charge < -0.3 is 16.4 Å². The van der Waals surface area contributed by atoms with Gasteiger partial charge in [0.05, 0.1) is 5.75 Å². The van der Waals surface area contributed by atoms with E-state index in [4.69, 9.17) is 10.3 Å². The van der Waals surface area contributed by atoms with Crippen molar-refractivity contribution in [2.75, 3.05) is 45.0 Å². The maximum absolute atomic E-state index is 11.3. The Balaban J connectivity index is 3.87. The molecule has 10 nitrogen and oxygen atoms in total. The summed E-state index contributed by atoms with van der Waals surface area (Å²) in [5.74, 6) is -0.348. The van der Waals surface area contributed by atoms with Crippen LogP contribution in [0.25, 0.3) is 0 Å². The normalized spacial score (nSPS) is 14.0. The molecule has 0 heterocycles. The van der Waals surface area contributed by atoms with Crippen LogP contribution in [0.1, 0.15) is 25.7 Å². The number of hydrogen-bond donors (Lipinski definition) is 6. The van der Waals surface area contributed by atoms with E-state index in [2.05, 4.69) is 16.0 Å². The fourth-order valence-electron chi connectivity index (χ4n) is 2.00. The van der Waals surface area contributed by atoms with Crippen molar-refractivity contribution in [3.63, 3.8) is 0 Å². The minimum atomic E-state index is -4.22. The Morgan fingerprint density at radius 3 is 1.96 bits per heavy atom. The Kier molecular flexibility index (Phi) is 12.8. The van der Waals surface area contributed by atoms with Crippen LogP contribution in [0.15, 0.2) is 0 Å². The Bertz CT molecular complexity index is 512. The molecule has 0 aromatic rings. The SMILES string of the molecule is NCCNCCNCCNC(CCCCCS(=O)(=O)O)S(=O)(=O)O. The Labute approximate surface area is 144 Å². The van der Waals surface area contributed by atoms with Gasteiger partial charge in [-0.2, -0.15) is 16.8 Å². The lowest BCUT2D eigenvalue weighted by molar-refractivity contribution is 0.432. The smallest absolute Gasteiger partial charge is 0.281 e. The molecular weight excluding hydrogens is 360 g/mol. The molecule has 0 fully saturated rings. The summed E-state index contributed by atoms with van der Waals surface area (Å²) >= 11 is 0. The summed E-state index contributed by atoms with van der Waals surface area (Å²) in [6.45, 7) is 3.69. The van der Waals surface area contributed by atoms with Gasteiger partial charge in [-0.1, -0.05) is 12.8 Å². The molecule has 0 radical (unpaired) electrons. The van der Waals surface area contributed by atoms with Gasteiger partial charge >= 0.3 is 0 Å². The summed E-state index contributed by atoms with van der Waals surface area (Å²) in [6.07, 6.45) is 1.28. The molecule has 0 aromatic heterocycles. The molecular formula is C12H30N4O6S2. The summed E-state index contributed by atoms with van der Waals surface area (Å²) in [5.41, 5.74) is 5.33. The van der Waals surface area contributed by atoms with Crippen LogP contribution in [0.4, 0.5) is 0 Å². The van der Waals surface area contributed by atoms with Crippen LogP contribution in [0.2, 0.25) is 0 Å². The molecule has 0 bridgehead atoms. The van der Waals surface area contributed by atoms with Crippen LogP contribution in [0, 0.1) is 0 Å². The molecule has 0 aliphatic carbocycles. The van der Waals surface area contributed by atoms with Gasteiger partial charge in [-0.25, -0.2) is 0 Å². The fourth-order valence-corrected chi connectivity index (χ4v) is 3.36.